The van der Waals surface area contributed by atoms with Crippen LogP contribution in [0.1, 0.15) is 12.8 Å². The maximum Gasteiger partial charge on any atom is 0.228 e. The van der Waals surface area contributed by atoms with Crippen molar-refractivity contribution in [2.24, 2.45) is 17.8 Å². The van der Waals surface area contributed by atoms with E-state index in [0.717, 1.165) is 18.5 Å². The Kier molecular flexibility index (Phi) is 4.84. The fourth-order valence-electron chi connectivity index (χ4n) is 3.84. The molecule has 4 N–H and O–H groups in total. The van der Waals surface area contributed by atoms with Crippen LogP contribution in [0.15, 0.2) is 65.4 Å². The largest absolute Gasteiger partial charge is 0.361 e. The lowest BCUT2D eigenvalue weighted by molar-refractivity contribution is -0.124. The first-order chi connectivity index (χ1) is 12.7. The van der Waals surface area contributed by atoms with E-state index in [1.165, 1.54) is 11.1 Å². The lowest BCUT2D eigenvalue weighted by Crippen LogP contribution is -2.35. The van der Waals surface area contributed by atoms with Crippen molar-refractivity contribution in [1.82, 2.24) is 10.6 Å². The van der Waals surface area contributed by atoms with Crippen molar-refractivity contribution in [3.63, 3.8) is 0 Å². The molecule has 1 aromatic carbocycles. The predicted octanol–water partition coefficient (Wildman–Crippen LogP) is 3.45. The van der Waals surface area contributed by atoms with Crippen molar-refractivity contribution < 1.29 is 4.79 Å². The van der Waals surface area contributed by atoms with Crippen LogP contribution in [0.4, 0.5) is 5.69 Å². The highest BCUT2D eigenvalue weighted by Crippen LogP contribution is 2.40. The highest BCUT2D eigenvalue weighted by atomic mass is 32.2. The average molecular weight is 366 g/mol. The molecule has 134 valence electrons. The van der Waals surface area contributed by atoms with E-state index in [4.69, 9.17) is 5.41 Å². The number of benzene rings is 1. The van der Waals surface area contributed by atoms with Crippen LogP contribution in [0.3, 0.4) is 0 Å². The van der Waals surface area contributed by atoms with Crippen LogP contribution in [-0.4, -0.2) is 17.6 Å². The van der Waals surface area contributed by atoms with Gasteiger partial charge in [0.05, 0.1) is 11.4 Å². The standard InChI is InChI=1S/C20H22N4OS/c21-11-14(12-22-20-24-17-7-3-4-8-18(17)26-20)23-19(25)16-10-9-13-5-1-2-6-15(13)16/h1-8,11-13,15-16,20-22,24H,9-10H2,(H,23,25)/b14-12+,21-11?/t13?,15?,16-,20?/m1/s1. The van der Waals surface area contributed by atoms with Crippen LogP contribution >= 0.6 is 11.8 Å². The zero-order valence-electron chi connectivity index (χ0n) is 14.3. The molecule has 1 aromatic rings. The molecule has 0 saturated heterocycles. The van der Waals surface area contributed by atoms with Gasteiger partial charge in [0, 0.05) is 23.2 Å². The van der Waals surface area contributed by atoms with Crippen LogP contribution in [0.25, 0.3) is 0 Å². The Morgan fingerprint density at radius 2 is 2.08 bits per heavy atom. The lowest BCUT2D eigenvalue weighted by atomic mass is 9.86. The number of carbonyl (C=O) groups is 1. The van der Waals surface area contributed by atoms with Gasteiger partial charge in [0.25, 0.3) is 0 Å². The minimum absolute atomic E-state index is 0.00400. The maximum atomic E-state index is 12.7. The summed E-state index contributed by atoms with van der Waals surface area (Å²) in [6.07, 6.45) is 13.3. The van der Waals surface area contributed by atoms with Gasteiger partial charge < -0.3 is 21.4 Å². The minimum atomic E-state index is -0.0206. The SMILES string of the molecule is N=C/C(=C\NC1Nc2ccccc2S1)NC(=O)[C@@H]1CCC2C=CC=CC21. The first-order valence-corrected chi connectivity index (χ1v) is 9.77. The fourth-order valence-corrected chi connectivity index (χ4v) is 4.83. The van der Waals surface area contributed by atoms with E-state index in [0.29, 0.717) is 11.6 Å². The molecule has 0 radical (unpaired) electrons. The summed E-state index contributed by atoms with van der Waals surface area (Å²) in [7, 11) is 0. The zero-order chi connectivity index (χ0) is 17.9. The molecule has 6 heteroatoms. The lowest BCUT2D eigenvalue weighted by Gasteiger charge is -2.21. The third-order valence-corrected chi connectivity index (χ3v) is 6.24. The summed E-state index contributed by atoms with van der Waals surface area (Å²) in [6.45, 7) is 0. The number of fused-ring (bicyclic) bond motifs is 2. The molecule has 3 unspecified atom stereocenters. The van der Waals surface area contributed by atoms with Crippen LogP contribution in [0.2, 0.25) is 0 Å². The van der Waals surface area contributed by atoms with Crippen molar-refractivity contribution in [2.45, 2.75) is 23.2 Å². The molecule has 1 heterocycles. The van der Waals surface area contributed by atoms with Crippen molar-refractivity contribution in [1.29, 1.82) is 5.41 Å². The normalized spacial score (nSPS) is 28.8. The molecule has 1 aliphatic heterocycles. The van der Waals surface area contributed by atoms with Gasteiger partial charge >= 0.3 is 0 Å². The smallest absolute Gasteiger partial charge is 0.228 e. The number of anilines is 1. The predicted molar refractivity (Wildman–Crippen MR) is 106 cm³/mol. The average Bonchev–Trinajstić information content (AvgIpc) is 3.28. The number of hydrogen-bond acceptors (Lipinski definition) is 5. The molecule has 2 aliphatic carbocycles. The number of nitrogens with one attached hydrogen (secondary N) is 4. The molecule has 5 nitrogen and oxygen atoms in total. The Morgan fingerprint density at radius 1 is 1.23 bits per heavy atom. The molecular weight excluding hydrogens is 344 g/mol. The van der Waals surface area contributed by atoms with E-state index in [1.807, 2.05) is 24.3 Å². The second-order valence-corrected chi connectivity index (χ2v) is 7.88. The zero-order valence-corrected chi connectivity index (χ0v) is 15.1. The summed E-state index contributed by atoms with van der Waals surface area (Å²) < 4.78 is 0. The van der Waals surface area contributed by atoms with E-state index in [-0.39, 0.29) is 23.2 Å². The topological polar surface area (TPSA) is 77.0 Å². The summed E-state index contributed by atoms with van der Waals surface area (Å²) in [5, 5.41) is 17.1. The van der Waals surface area contributed by atoms with E-state index in [9.17, 15) is 4.79 Å². The van der Waals surface area contributed by atoms with Crippen molar-refractivity contribution in [2.75, 3.05) is 5.32 Å². The number of para-hydroxylation sites is 1. The van der Waals surface area contributed by atoms with Crippen molar-refractivity contribution in [3.05, 3.63) is 60.5 Å². The quantitative estimate of drug-likeness (QED) is 0.602. The third kappa shape index (κ3) is 3.42. The Bertz CT molecular complexity index is 776. The van der Waals surface area contributed by atoms with E-state index in [1.54, 1.807) is 18.0 Å². The molecule has 1 amide bonds. The third-order valence-electron chi connectivity index (χ3n) is 5.14. The molecule has 0 bridgehead atoms. The molecular formula is C20H22N4OS. The highest BCUT2D eigenvalue weighted by Gasteiger charge is 2.38. The van der Waals surface area contributed by atoms with E-state index in [2.05, 4.69) is 40.2 Å². The molecule has 4 rings (SSSR count). The van der Waals surface area contributed by atoms with Gasteiger partial charge in [-0.15, -0.1) is 0 Å². The minimum Gasteiger partial charge on any atom is -0.361 e. The molecule has 1 fully saturated rings. The summed E-state index contributed by atoms with van der Waals surface area (Å²) >= 11 is 1.68. The molecule has 3 aliphatic rings. The number of carbonyl (C=O) groups excluding carboxylic acids is 1. The van der Waals surface area contributed by atoms with Gasteiger partial charge in [-0.05, 0) is 36.8 Å². The number of amides is 1. The maximum absolute atomic E-state index is 12.7. The number of rotatable bonds is 5. The van der Waals surface area contributed by atoms with E-state index < -0.39 is 0 Å². The Morgan fingerprint density at radius 3 is 2.92 bits per heavy atom. The van der Waals surface area contributed by atoms with Gasteiger partial charge in [-0.1, -0.05) is 48.2 Å². The van der Waals surface area contributed by atoms with Gasteiger partial charge in [-0.3, -0.25) is 4.79 Å². The Hall–Kier alpha value is -2.47. The van der Waals surface area contributed by atoms with Crippen molar-refractivity contribution in [3.8, 4) is 0 Å². The van der Waals surface area contributed by atoms with Crippen molar-refractivity contribution >= 4 is 29.6 Å². The summed E-state index contributed by atoms with van der Waals surface area (Å²) in [5.41, 5.74) is 1.56. The summed E-state index contributed by atoms with van der Waals surface area (Å²) in [5.74, 6) is 0.734. The number of allylic oxidation sites excluding steroid dienone is 5. The van der Waals surface area contributed by atoms with Gasteiger partial charge in [0.1, 0.15) is 5.50 Å². The Balaban J connectivity index is 1.35. The monoisotopic (exact) mass is 366 g/mol. The highest BCUT2D eigenvalue weighted by molar-refractivity contribution is 8.00. The van der Waals surface area contributed by atoms with Crippen LogP contribution < -0.4 is 16.0 Å². The second-order valence-electron chi connectivity index (χ2n) is 6.73. The van der Waals surface area contributed by atoms with Gasteiger partial charge in [0.15, 0.2) is 0 Å². The van der Waals surface area contributed by atoms with Gasteiger partial charge in [-0.25, -0.2) is 0 Å². The van der Waals surface area contributed by atoms with E-state index >= 15 is 0 Å². The Labute approximate surface area is 157 Å². The fraction of sp³-hybridized carbons (Fsp3) is 0.300. The number of thioether (sulfide) groups is 1. The molecule has 0 aromatic heterocycles. The number of hydrogen-bond donors (Lipinski definition) is 4. The molecule has 0 spiro atoms. The summed E-state index contributed by atoms with van der Waals surface area (Å²) in [4.78, 5) is 13.9. The molecule has 26 heavy (non-hydrogen) atoms. The summed E-state index contributed by atoms with van der Waals surface area (Å²) in [6, 6.07) is 8.12. The van der Waals surface area contributed by atoms with Crippen LogP contribution in [-0.2, 0) is 4.79 Å². The molecule has 1 saturated carbocycles. The second kappa shape index (κ2) is 7.41. The first kappa shape index (κ1) is 17.0. The molecule has 4 atom stereocenters. The van der Waals surface area contributed by atoms with Crippen LogP contribution in [0.5, 0.6) is 0 Å². The van der Waals surface area contributed by atoms with Gasteiger partial charge in [0.2, 0.25) is 5.91 Å². The van der Waals surface area contributed by atoms with Crippen LogP contribution in [0, 0.1) is 23.2 Å². The van der Waals surface area contributed by atoms with Gasteiger partial charge in [-0.2, -0.15) is 0 Å². The first-order valence-electron chi connectivity index (χ1n) is 8.89.